The van der Waals surface area contributed by atoms with Gasteiger partial charge in [0.05, 0.1) is 30.8 Å². The number of carbonyl (C=O) groups excluding carboxylic acids is 3. The number of nitrogens with zero attached hydrogens (tertiary/aromatic N) is 6. The summed E-state index contributed by atoms with van der Waals surface area (Å²) in [5.74, 6) is 5.77. The van der Waals surface area contributed by atoms with Crippen molar-refractivity contribution >= 4 is 40.4 Å². The summed E-state index contributed by atoms with van der Waals surface area (Å²) < 4.78 is 5.47. The van der Waals surface area contributed by atoms with Crippen molar-refractivity contribution in [3.8, 4) is 23.1 Å². The lowest BCUT2D eigenvalue weighted by atomic mass is 9.99. The molecule has 0 saturated carbocycles. The Morgan fingerprint density at radius 3 is 2.65 bits per heavy atom. The Hall–Kier alpha value is -4.47. The molecule has 3 fully saturated rings. The fraction of sp³-hybridized carbons (Fsp3) is 0.393. The van der Waals surface area contributed by atoms with Crippen molar-refractivity contribution in [3.63, 3.8) is 0 Å². The number of benzene rings is 1. The first-order chi connectivity index (χ1) is 19.3. The number of imide groups is 1. The van der Waals surface area contributed by atoms with Crippen LogP contribution in [0.2, 0.25) is 0 Å². The molecular formula is C28H30N8O4. The van der Waals surface area contributed by atoms with E-state index in [0.717, 1.165) is 41.2 Å². The number of H-pyrrole nitrogens is 1. The van der Waals surface area contributed by atoms with Gasteiger partial charge in [-0.25, -0.2) is 19.7 Å². The second-order valence-electron chi connectivity index (χ2n) is 10.4. The van der Waals surface area contributed by atoms with Gasteiger partial charge in [-0.3, -0.25) is 14.5 Å². The summed E-state index contributed by atoms with van der Waals surface area (Å²) in [5.41, 5.74) is 2.02. The first-order valence-electron chi connectivity index (χ1n) is 13.2. The zero-order valence-corrected chi connectivity index (χ0v) is 22.4. The van der Waals surface area contributed by atoms with Crippen LogP contribution in [0.1, 0.15) is 6.42 Å². The minimum Gasteiger partial charge on any atom is -0.378 e. The maximum absolute atomic E-state index is 13.5. The average molecular weight is 543 g/mol. The number of aromatic nitrogens is 3. The van der Waals surface area contributed by atoms with Crippen LogP contribution in [-0.4, -0.2) is 108 Å². The van der Waals surface area contributed by atoms with Gasteiger partial charge < -0.3 is 24.8 Å². The van der Waals surface area contributed by atoms with E-state index >= 15 is 0 Å². The van der Waals surface area contributed by atoms with Gasteiger partial charge in [0.15, 0.2) is 0 Å². The molecule has 2 N–H and O–H groups in total. The number of hydrogen-bond donors (Lipinski definition) is 2. The molecule has 1 atom stereocenters. The second kappa shape index (κ2) is 10.3. The van der Waals surface area contributed by atoms with Crippen LogP contribution < -0.4 is 15.1 Å². The van der Waals surface area contributed by atoms with Crippen LogP contribution in [0.25, 0.3) is 22.3 Å². The number of rotatable bonds is 4. The maximum atomic E-state index is 13.5. The Balaban J connectivity index is 1.18. The van der Waals surface area contributed by atoms with Gasteiger partial charge in [0.1, 0.15) is 23.3 Å². The number of carbonyl (C=O) groups is 3. The summed E-state index contributed by atoms with van der Waals surface area (Å²) in [6, 6.07) is 8.90. The number of fused-ring (bicyclic) bond motifs is 1. The van der Waals surface area contributed by atoms with Crippen molar-refractivity contribution in [1.82, 2.24) is 30.1 Å². The molecule has 3 aliphatic rings. The molecule has 12 heteroatoms. The topological polar surface area (TPSA) is 127 Å². The Bertz CT molecular complexity index is 1530. The van der Waals surface area contributed by atoms with Gasteiger partial charge in [-0.2, -0.15) is 0 Å². The molecule has 3 saturated heterocycles. The highest BCUT2D eigenvalue weighted by atomic mass is 16.5. The molecule has 1 aromatic carbocycles. The molecule has 5 heterocycles. The SMILES string of the molecule is CN(C)C(=O)C#CCN1CCC2(C1)NC(=O)N(c1ccc(-c3cc4c(N5CCOCC5)ncnc4[nH]3)cc1)C2=O. The summed E-state index contributed by atoms with van der Waals surface area (Å²) in [6.45, 7) is 4.17. The van der Waals surface area contributed by atoms with Crippen molar-refractivity contribution < 1.29 is 19.1 Å². The number of likely N-dealkylation sites (tertiary alicyclic amines) is 1. The van der Waals surface area contributed by atoms with E-state index in [4.69, 9.17) is 4.74 Å². The molecule has 12 nitrogen and oxygen atoms in total. The number of aromatic amines is 1. The highest BCUT2D eigenvalue weighted by molar-refractivity contribution is 6.23. The molecule has 1 unspecified atom stereocenters. The lowest BCUT2D eigenvalue weighted by molar-refractivity contribution is -0.123. The second-order valence-corrected chi connectivity index (χ2v) is 10.4. The predicted octanol–water partition coefficient (Wildman–Crippen LogP) is 1.05. The zero-order chi connectivity index (χ0) is 27.9. The van der Waals surface area contributed by atoms with Crippen LogP contribution in [0.4, 0.5) is 16.3 Å². The number of nitrogens with one attached hydrogen (secondary N) is 2. The largest absolute Gasteiger partial charge is 0.378 e. The van der Waals surface area contributed by atoms with Gasteiger partial charge >= 0.3 is 6.03 Å². The van der Waals surface area contributed by atoms with Gasteiger partial charge in [-0.1, -0.05) is 18.1 Å². The summed E-state index contributed by atoms with van der Waals surface area (Å²) in [7, 11) is 3.29. The molecule has 1 spiro atoms. The lowest BCUT2D eigenvalue weighted by Crippen LogP contribution is -2.49. The number of urea groups is 1. The van der Waals surface area contributed by atoms with Crippen molar-refractivity contribution in [2.75, 3.05) is 69.8 Å². The van der Waals surface area contributed by atoms with Crippen molar-refractivity contribution in [2.24, 2.45) is 0 Å². The van der Waals surface area contributed by atoms with Crippen LogP contribution >= 0.6 is 0 Å². The summed E-state index contributed by atoms with van der Waals surface area (Å²) in [4.78, 5) is 57.2. The summed E-state index contributed by atoms with van der Waals surface area (Å²) >= 11 is 0. The molecule has 0 aliphatic carbocycles. The number of ether oxygens (including phenoxy) is 1. The molecule has 2 aromatic heterocycles. The predicted molar refractivity (Wildman–Crippen MR) is 149 cm³/mol. The first kappa shape index (κ1) is 25.8. The maximum Gasteiger partial charge on any atom is 0.329 e. The van der Waals surface area contributed by atoms with E-state index in [9.17, 15) is 14.4 Å². The van der Waals surface area contributed by atoms with Gasteiger partial charge in [-0.15, -0.1) is 0 Å². The Labute approximate surface area is 231 Å². The van der Waals surface area contributed by atoms with Gasteiger partial charge in [0, 0.05) is 46.0 Å². The Kier molecular flexibility index (Phi) is 6.61. The molecule has 40 heavy (non-hydrogen) atoms. The minimum absolute atomic E-state index is 0.272. The summed E-state index contributed by atoms with van der Waals surface area (Å²) in [6.07, 6.45) is 2.04. The number of anilines is 2. The Morgan fingerprint density at radius 1 is 1.12 bits per heavy atom. The van der Waals surface area contributed by atoms with E-state index in [0.29, 0.717) is 45.0 Å². The smallest absolute Gasteiger partial charge is 0.329 e. The number of morpholine rings is 1. The first-order valence-corrected chi connectivity index (χ1v) is 13.2. The highest BCUT2D eigenvalue weighted by Crippen LogP contribution is 2.34. The zero-order valence-electron chi connectivity index (χ0n) is 22.4. The lowest BCUT2D eigenvalue weighted by Gasteiger charge is -2.27. The van der Waals surface area contributed by atoms with Crippen LogP contribution in [0, 0.1) is 11.8 Å². The van der Waals surface area contributed by atoms with E-state index in [1.165, 1.54) is 9.80 Å². The fourth-order valence-corrected chi connectivity index (χ4v) is 5.39. The van der Waals surface area contributed by atoms with Crippen LogP contribution in [-0.2, 0) is 14.3 Å². The van der Waals surface area contributed by atoms with Gasteiger partial charge in [0.25, 0.3) is 11.8 Å². The normalized spacial score (nSPS) is 21.1. The van der Waals surface area contributed by atoms with Crippen molar-refractivity contribution in [2.45, 2.75) is 12.0 Å². The standard InChI is InChI=1S/C28H30N8O4/c1-33(2)23(37)4-3-10-34-11-9-28(17-34)26(38)36(27(39)32-28)20-7-5-19(6-8-20)22-16-21-24(31-22)29-18-30-25(21)35-12-14-40-15-13-35/h5-8,16,18H,9-15,17H2,1-2H3,(H,32,39)(H,29,30,31). The minimum atomic E-state index is -0.991. The summed E-state index contributed by atoms with van der Waals surface area (Å²) in [5, 5.41) is 3.85. The number of hydrogen-bond acceptors (Lipinski definition) is 8. The van der Waals surface area contributed by atoms with Crippen LogP contribution in [0.5, 0.6) is 0 Å². The van der Waals surface area contributed by atoms with E-state index < -0.39 is 11.6 Å². The highest BCUT2D eigenvalue weighted by Gasteiger charge is 2.55. The fourth-order valence-electron chi connectivity index (χ4n) is 5.39. The van der Waals surface area contributed by atoms with E-state index in [1.54, 1.807) is 32.6 Å². The van der Waals surface area contributed by atoms with Crippen molar-refractivity contribution in [1.29, 1.82) is 0 Å². The van der Waals surface area contributed by atoms with Crippen molar-refractivity contribution in [3.05, 3.63) is 36.7 Å². The molecule has 0 bridgehead atoms. The van der Waals surface area contributed by atoms with Crippen LogP contribution in [0.3, 0.4) is 0 Å². The quantitative estimate of drug-likeness (QED) is 0.370. The molecule has 0 radical (unpaired) electrons. The van der Waals surface area contributed by atoms with E-state index in [-0.39, 0.29) is 11.8 Å². The average Bonchev–Trinajstić information content (AvgIpc) is 3.64. The molecule has 3 aromatic rings. The molecule has 4 amide bonds. The third-order valence-electron chi connectivity index (χ3n) is 7.57. The third kappa shape index (κ3) is 4.63. The van der Waals surface area contributed by atoms with Crippen LogP contribution in [0.15, 0.2) is 36.7 Å². The molecule has 206 valence electrons. The van der Waals surface area contributed by atoms with Gasteiger partial charge in [0.2, 0.25) is 0 Å². The molecular weight excluding hydrogens is 512 g/mol. The van der Waals surface area contributed by atoms with E-state index in [2.05, 4.69) is 37.0 Å². The third-order valence-corrected chi connectivity index (χ3v) is 7.57. The molecule has 6 rings (SSSR count). The Morgan fingerprint density at radius 2 is 1.90 bits per heavy atom. The monoisotopic (exact) mass is 542 g/mol. The van der Waals surface area contributed by atoms with Gasteiger partial charge in [-0.05, 0) is 36.1 Å². The molecule has 3 aliphatic heterocycles. The van der Waals surface area contributed by atoms with E-state index in [1.807, 2.05) is 23.1 Å². The number of amides is 4.